The van der Waals surface area contributed by atoms with Gasteiger partial charge in [-0.15, -0.1) is 13.2 Å². The van der Waals surface area contributed by atoms with Crippen LogP contribution in [0.5, 0.6) is 0 Å². The summed E-state index contributed by atoms with van der Waals surface area (Å²) in [4.78, 5) is 9.72. The van der Waals surface area contributed by atoms with Crippen molar-refractivity contribution < 1.29 is 41.0 Å². The second kappa shape index (κ2) is 5.68. The Balaban J connectivity index is 0. The highest BCUT2D eigenvalue weighted by Crippen LogP contribution is 2.15. The highest BCUT2D eigenvalue weighted by molar-refractivity contribution is 5.75. The van der Waals surface area contributed by atoms with E-state index in [2.05, 4.69) is 4.74 Å². The highest BCUT2D eigenvalue weighted by Gasteiger charge is 2.40. The second-order valence-corrected chi connectivity index (χ2v) is 1.69. The average molecular weight is 228 g/mol. The molecule has 0 aromatic rings. The van der Waals surface area contributed by atoms with Gasteiger partial charge in [-0.3, -0.25) is 0 Å². The first-order valence-corrected chi connectivity index (χ1v) is 3.01. The number of rotatable bonds is 1. The predicted molar refractivity (Wildman–Crippen MR) is 31.0 cm³/mol. The van der Waals surface area contributed by atoms with Crippen LogP contribution in [0.4, 0.5) is 26.3 Å². The molecule has 0 atom stereocenters. The van der Waals surface area contributed by atoms with Gasteiger partial charge >= 0.3 is 18.5 Å². The van der Waals surface area contributed by atoms with Crippen LogP contribution in [0.1, 0.15) is 6.92 Å². The van der Waals surface area contributed by atoms with E-state index < -0.39 is 18.5 Å². The molecule has 3 nitrogen and oxygen atoms in total. The fourth-order valence-corrected chi connectivity index (χ4v) is 0.213. The van der Waals surface area contributed by atoms with Crippen LogP contribution in [0, 0.1) is 0 Å². The van der Waals surface area contributed by atoms with E-state index in [0.29, 0.717) is 0 Å². The molecule has 0 saturated heterocycles. The summed E-state index contributed by atoms with van der Waals surface area (Å²) in [7, 11) is 0. The van der Waals surface area contributed by atoms with Gasteiger partial charge in [-0.25, -0.2) is 4.79 Å². The van der Waals surface area contributed by atoms with Crippen molar-refractivity contribution in [2.45, 2.75) is 19.5 Å². The number of hydrogen-bond donors (Lipinski definition) is 1. The third-order valence-corrected chi connectivity index (χ3v) is 0.507. The zero-order valence-electron chi connectivity index (χ0n) is 6.74. The van der Waals surface area contributed by atoms with Gasteiger partial charge in [0.05, 0.1) is 6.61 Å². The molecule has 0 amide bonds. The van der Waals surface area contributed by atoms with E-state index >= 15 is 0 Å². The zero-order valence-corrected chi connectivity index (χ0v) is 6.74. The molecule has 0 spiro atoms. The quantitative estimate of drug-likeness (QED) is 0.547. The molecule has 0 unspecified atom stereocenters. The Labute approximate surface area is 74.3 Å². The van der Waals surface area contributed by atoms with Crippen molar-refractivity contribution in [3.05, 3.63) is 0 Å². The SMILES string of the molecule is CCOC(=O)C(F)(F)F.OC(F)(F)F. The molecule has 0 fully saturated rings. The maximum absolute atomic E-state index is 11.2. The second-order valence-electron chi connectivity index (χ2n) is 1.69. The third kappa shape index (κ3) is 17.2. The monoisotopic (exact) mass is 228 g/mol. The Bertz CT molecular complexity index is 165. The zero-order chi connectivity index (χ0) is 12.0. The van der Waals surface area contributed by atoms with Gasteiger partial charge in [0.2, 0.25) is 0 Å². The van der Waals surface area contributed by atoms with Crippen molar-refractivity contribution in [3.63, 3.8) is 0 Å². The first-order chi connectivity index (χ1) is 5.98. The van der Waals surface area contributed by atoms with Crippen molar-refractivity contribution in [1.29, 1.82) is 0 Å². The lowest BCUT2D eigenvalue weighted by Crippen LogP contribution is -2.25. The van der Waals surface area contributed by atoms with Crippen LogP contribution in [0.2, 0.25) is 0 Å². The van der Waals surface area contributed by atoms with Crippen molar-refractivity contribution in [1.82, 2.24) is 0 Å². The van der Waals surface area contributed by atoms with E-state index in [1.54, 1.807) is 0 Å². The first kappa shape index (κ1) is 15.5. The summed E-state index contributed by atoms with van der Waals surface area (Å²) in [6, 6.07) is 0. The minimum Gasteiger partial charge on any atom is -0.459 e. The number of alkyl halides is 6. The number of esters is 1. The molecule has 14 heavy (non-hydrogen) atoms. The normalized spacial score (nSPS) is 11.4. The minimum absolute atomic E-state index is 0.252. The van der Waals surface area contributed by atoms with Gasteiger partial charge in [0, 0.05) is 0 Å². The fourth-order valence-electron chi connectivity index (χ4n) is 0.213. The van der Waals surface area contributed by atoms with E-state index in [4.69, 9.17) is 5.11 Å². The van der Waals surface area contributed by atoms with Gasteiger partial charge < -0.3 is 9.84 Å². The van der Waals surface area contributed by atoms with Crippen LogP contribution >= 0.6 is 0 Å². The summed E-state index contributed by atoms with van der Waals surface area (Å²) in [6.07, 6.45) is -9.85. The molecule has 0 aliphatic carbocycles. The van der Waals surface area contributed by atoms with Gasteiger partial charge in [0.25, 0.3) is 0 Å². The Morgan fingerprint density at radius 3 is 1.57 bits per heavy atom. The average Bonchev–Trinajstić information content (AvgIpc) is 1.81. The fraction of sp³-hybridized carbons (Fsp3) is 0.800. The summed E-state index contributed by atoms with van der Waals surface area (Å²) in [5.41, 5.74) is 0. The molecular formula is C5H6F6O3. The van der Waals surface area contributed by atoms with Gasteiger partial charge in [-0.05, 0) is 6.92 Å². The first-order valence-electron chi connectivity index (χ1n) is 3.01. The Hall–Kier alpha value is -0.990. The molecule has 0 heterocycles. The van der Waals surface area contributed by atoms with Crippen LogP contribution in [-0.2, 0) is 9.53 Å². The molecular weight excluding hydrogens is 222 g/mol. The number of carbonyl (C=O) groups is 1. The maximum atomic E-state index is 11.2. The largest absolute Gasteiger partial charge is 0.519 e. The smallest absolute Gasteiger partial charge is 0.459 e. The number of halogens is 6. The number of carbonyl (C=O) groups excluding carboxylic acids is 1. The molecule has 0 aromatic heterocycles. The standard InChI is InChI=1S/C4H5F3O2.CHF3O/c1-2-9-3(8)4(5,6)7;2-1(3,4)5/h2H2,1H3;5H. The Morgan fingerprint density at radius 2 is 1.50 bits per heavy atom. The summed E-state index contributed by atoms with van der Waals surface area (Å²) < 4.78 is 66.9. The molecule has 1 N–H and O–H groups in total. The molecule has 9 heteroatoms. The molecule has 0 bridgehead atoms. The summed E-state index contributed by atoms with van der Waals surface area (Å²) in [6.45, 7) is 1.06. The predicted octanol–water partition coefficient (Wildman–Crippen LogP) is 1.61. The third-order valence-electron chi connectivity index (χ3n) is 0.507. The van der Waals surface area contributed by atoms with E-state index in [0.717, 1.165) is 0 Å². The molecule has 0 aliphatic rings. The van der Waals surface area contributed by atoms with Crippen LogP contribution < -0.4 is 0 Å². The minimum atomic E-state index is -5.00. The number of aliphatic hydroxyl groups is 1. The van der Waals surface area contributed by atoms with E-state index in [9.17, 15) is 31.1 Å². The van der Waals surface area contributed by atoms with Crippen molar-refractivity contribution in [2.24, 2.45) is 0 Å². The van der Waals surface area contributed by atoms with Crippen LogP contribution in [0.25, 0.3) is 0 Å². The topological polar surface area (TPSA) is 46.5 Å². The molecule has 0 saturated carbocycles. The molecule has 86 valence electrons. The lowest BCUT2D eigenvalue weighted by atomic mass is 10.7. The summed E-state index contributed by atoms with van der Waals surface area (Å²) in [5, 5.41) is 6.52. The number of ether oxygens (including phenoxy) is 1. The highest BCUT2D eigenvalue weighted by atomic mass is 19.4. The number of hydrogen-bond acceptors (Lipinski definition) is 3. The van der Waals surface area contributed by atoms with Gasteiger partial charge in [0.15, 0.2) is 0 Å². The Kier molecular flexibility index (Phi) is 6.28. The molecule has 0 aliphatic heterocycles. The maximum Gasteiger partial charge on any atom is 0.519 e. The van der Waals surface area contributed by atoms with E-state index in [1.165, 1.54) is 6.92 Å². The van der Waals surface area contributed by atoms with Crippen molar-refractivity contribution >= 4 is 5.97 Å². The summed E-state index contributed by atoms with van der Waals surface area (Å²) in [5.74, 6) is -2.13. The lowest BCUT2D eigenvalue weighted by Gasteiger charge is -2.02. The molecule has 0 aromatic carbocycles. The van der Waals surface area contributed by atoms with Gasteiger partial charge in [-0.2, -0.15) is 13.2 Å². The summed E-state index contributed by atoms with van der Waals surface area (Å²) >= 11 is 0. The van der Waals surface area contributed by atoms with E-state index in [-0.39, 0.29) is 6.61 Å². The molecule has 0 rings (SSSR count). The van der Waals surface area contributed by atoms with Crippen LogP contribution in [0.3, 0.4) is 0 Å². The van der Waals surface area contributed by atoms with Gasteiger partial charge in [-0.1, -0.05) is 0 Å². The lowest BCUT2D eigenvalue weighted by molar-refractivity contribution is -0.295. The van der Waals surface area contributed by atoms with Crippen LogP contribution in [0.15, 0.2) is 0 Å². The Morgan fingerprint density at radius 1 is 1.21 bits per heavy atom. The van der Waals surface area contributed by atoms with Gasteiger partial charge in [0.1, 0.15) is 0 Å². The van der Waals surface area contributed by atoms with E-state index in [1.807, 2.05) is 0 Å². The van der Waals surface area contributed by atoms with Crippen molar-refractivity contribution in [2.75, 3.05) is 6.61 Å². The molecule has 0 radical (unpaired) electrons. The van der Waals surface area contributed by atoms with Crippen LogP contribution in [-0.4, -0.2) is 30.2 Å². The van der Waals surface area contributed by atoms with Crippen molar-refractivity contribution in [3.8, 4) is 0 Å².